The van der Waals surface area contributed by atoms with Crippen LogP contribution in [0.1, 0.15) is 23.8 Å². The van der Waals surface area contributed by atoms with E-state index in [1.54, 1.807) is 6.92 Å². The molecule has 90 valence electrons. The third-order valence-electron chi connectivity index (χ3n) is 1.81. The van der Waals surface area contributed by atoms with Crippen LogP contribution in [0.4, 0.5) is 0 Å². The Bertz CT molecular complexity index is 469. The molecule has 0 aliphatic rings. The van der Waals surface area contributed by atoms with E-state index in [1.807, 2.05) is 0 Å². The van der Waals surface area contributed by atoms with Gasteiger partial charge in [-0.1, -0.05) is 5.21 Å². The van der Waals surface area contributed by atoms with Gasteiger partial charge in [0.15, 0.2) is 5.69 Å². The quantitative estimate of drug-likeness (QED) is 0.531. The van der Waals surface area contributed by atoms with E-state index in [0.29, 0.717) is 13.0 Å². The number of hydrogen-bond donors (Lipinski definition) is 2. The molecule has 1 aromatic heterocycles. The smallest absolute Gasteiger partial charge is 0.358 e. The third-order valence-corrected chi connectivity index (χ3v) is 1.81. The number of rotatable bonds is 5. The minimum Gasteiger partial charge on any atom is -0.476 e. The Hall–Kier alpha value is -2.36. The molecule has 1 amide bonds. The number of nitrogens with zero attached hydrogens (tertiary/aromatic N) is 3. The van der Waals surface area contributed by atoms with Crippen molar-refractivity contribution in [3.8, 4) is 11.8 Å². The molecule has 0 radical (unpaired) electrons. The second-order valence-electron chi connectivity index (χ2n) is 3.13. The van der Waals surface area contributed by atoms with Gasteiger partial charge in [0.05, 0.1) is 6.20 Å². The SMILES string of the molecule is CC#CCCNC(=O)Cn1cc(C(=O)O)nn1. The van der Waals surface area contributed by atoms with E-state index in [1.165, 1.54) is 10.9 Å². The number of carbonyl (C=O) groups is 2. The van der Waals surface area contributed by atoms with Gasteiger partial charge in [-0.15, -0.1) is 16.9 Å². The number of aromatic nitrogens is 3. The first-order valence-electron chi connectivity index (χ1n) is 4.93. The second kappa shape index (κ2) is 6.27. The summed E-state index contributed by atoms with van der Waals surface area (Å²) in [6, 6.07) is 0. The highest BCUT2D eigenvalue weighted by molar-refractivity contribution is 5.84. The number of carbonyl (C=O) groups excluding carboxylic acids is 1. The van der Waals surface area contributed by atoms with Gasteiger partial charge >= 0.3 is 5.97 Å². The van der Waals surface area contributed by atoms with Crippen LogP contribution in [0, 0.1) is 11.8 Å². The van der Waals surface area contributed by atoms with Gasteiger partial charge in [-0.05, 0) is 6.92 Å². The van der Waals surface area contributed by atoms with E-state index in [2.05, 4.69) is 27.5 Å². The number of hydrogen-bond acceptors (Lipinski definition) is 4. The molecule has 2 N–H and O–H groups in total. The molecule has 0 atom stereocenters. The first-order valence-corrected chi connectivity index (χ1v) is 4.93. The highest BCUT2D eigenvalue weighted by Crippen LogP contribution is 1.92. The van der Waals surface area contributed by atoms with Crippen molar-refractivity contribution in [2.45, 2.75) is 19.9 Å². The Morgan fingerprint density at radius 3 is 2.94 bits per heavy atom. The van der Waals surface area contributed by atoms with Crippen LogP contribution < -0.4 is 5.32 Å². The molecule has 7 heteroatoms. The Morgan fingerprint density at radius 1 is 1.59 bits per heavy atom. The van der Waals surface area contributed by atoms with Gasteiger partial charge in [0, 0.05) is 13.0 Å². The lowest BCUT2D eigenvalue weighted by atomic mass is 10.4. The van der Waals surface area contributed by atoms with Crippen LogP contribution in [0.25, 0.3) is 0 Å². The van der Waals surface area contributed by atoms with Crippen LogP contribution in [-0.2, 0) is 11.3 Å². The van der Waals surface area contributed by atoms with Crippen molar-refractivity contribution >= 4 is 11.9 Å². The molecule has 17 heavy (non-hydrogen) atoms. The molecule has 0 fully saturated rings. The average Bonchev–Trinajstić information content (AvgIpc) is 2.73. The number of carboxylic acids is 1. The van der Waals surface area contributed by atoms with Gasteiger partial charge < -0.3 is 10.4 Å². The standard InChI is InChI=1S/C10H12N4O3/c1-2-3-4-5-11-9(15)7-14-6-8(10(16)17)12-13-14/h6H,4-5,7H2,1H3,(H,11,15)(H,16,17). The summed E-state index contributed by atoms with van der Waals surface area (Å²) in [4.78, 5) is 21.9. The maximum Gasteiger partial charge on any atom is 0.358 e. The molecule has 0 saturated carbocycles. The Kier molecular flexibility index (Phi) is 4.69. The molecule has 0 saturated heterocycles. The van der Waals surface area contributed by atoms with Crippen molar-refractivity contribution in [2.24, 2.45) is 0 Å². The minimum atomic E-state index is -1.17. The van der Waals surface area contributed by atoms with Crippen LogP contribution in [0.3, 0.4) is 0 Å². The molecule has 0 bridgehead atoms. The lowest BCUT2D eigenvalue weighted by molar-refractivity contribution is -0.121. The Labute approximate surface area is 97.8 Å². The summed E-state index contributed by atoms with van der Waals surface area (Å²) in [7, 11) is 0. The number of nitrogens with one attached hydrogen (secondary N) is 1. The average molecular weight is 236 g/mol. The first-order chi connectivity index (χ1) is 8.13. The zero-order valence-electron chi connectivity index (χ0n) is 9.30. The summed E-state index contributed by atoms with van der Waals surface area (Å²) in [6.07, 6.45) is 1.79. The van der Waals surface area contributed by atoms with Gasteiger partial charge in [-0.3, -0.25) is 4.79 Å². The topological polar surface area (TPSA) is 97.1 Å². The van der Waals surface area contributed by atoms with Gasteiger partial charge in [-0.2, -0.15) is 0 Å². The Morgan fingerprint density at radius 2 is 2.35 bits per heavy atom. The summed E-state index contributed by atoms with van der Waals surface area (Å²) in [5.74, 6) is 4.09. The zero-order valence-corrected chi connectivity index (χ0v) is 9.30. The van der Waals surface area contributed by atoms with E-state index in [0.717, 1.165) is 0 Å². The number of aromatic carboxylic acids is 1. The third kappa shape index (κ3) is 4.34. The van der Waals surface area contributed by atoms with Crippen molar-refractivity contribution in [1.29, 1.82) is 0 Å². The van der Waals surface area contributed by atoms with Crippen molar-refractivity contribution in [3.05, 3.63) is 11.9 Å². The molecule has 0 unspecified atom stereocenters. The predicted molar refractivity (Wildman–Crippen MR) is 58.1 cm³/mol. The summed E-state index contributed by atoms with van der Waals surface area (Å²) in [6.45, 7) is 2.13. The molecule has 0 aliphatic carbocycles. The lowest BCUT2D eigenvalue weighted by Crippen LogP contribution is -2.28. The molecule has 7 nitrogen and oxygen atoms in total. The monoisotopic (exact) mass is 236 g/mol. The normalized spacial score (nSPS) is 9.24. The fraction of sp³-hybridized carbons (Fsp3) is 0.400. The first kappa shape index (κ1) is 12.7. The van der Waals surface area contributed by atoms with E-state index < -0.39 is 5.97 Å². The maximum atomic E-state index is 11.4. The van der Waals surface area contributed by atoms with Crippen molar-refractivity contribution in [3.63, 3.8) is 0 Å². The molecule has 0 spiro atoms. The van der Waals surface area contributed by atoms with E-state index in [9.17, 15) is 9.59 Å². The lowest BCUT2D eigenvalue weighted by Gasteiger charge is -2.01. The molecule has 0 aromatic carbocycles. The highest BCUT2D eigenvalue weighted by atomic mass is 16.4. The van der Waals surface area contributed by atoms with Crippen molar-refractivity contribution in [2.75, 3.05) is 6.54 Å². The molecular weight excluding hydrogens is 224 g/mol. The molecule has 1 aromatic rings. The molecule has 1 rings (SSSR count). The summed E-state index contributed by atoms with van der Waals surface area (Å²) >= 11 is 0. The minimum absolute atomic E-state index is 0.0557. The fourth-order valence-electron chi connectivity index (χ4n) is 1.07. The number of amides is 1. The summed E-state index contributed by atoms with van der Waals surface area (Å²) < 4.78 is 1.17. The van der Waals surface area contributed by atoms with Crippen molar-refractivity contribution in [1.82, 2.24) is 20.3 Å². The van der Waals surface area contributed by atoms with Gasteiger partial charge in [-0.25, -0.2) is 9.48 Å². The molecule has 1 heterocycles. The van der Waals surface area contributed by atoms with Crippen LogP contribution in [-0.4, -0.2) is 38.5 Å². The van der Waals surface area contributed by atoms with E-state index in [4.69, 9.17) is 5.11 Å². The number of carboxylic acid groups (broad SMARTS) is 1. The largest absolute Gasteiger partial charge is 0.476 e. The second-order valence-corrected chi connectivity index (χ2v) is 3.13. The van der Waals surface area contributed by atoms with Gasteiger partial charge in [0.1, 0.15) is 6.54 Å². The molecular formula is C10H12N4O3. The van der Waals surface area contributed by atoms with Gasteiger partial charge in [0.25, 0.3) is 0 Å². The van der Waals surface area contributed by atoms with Crippen LogP contribution >= 0.6 is 0 Å². The molecule has 0 aliphatic heterocycles. The highest BCUT2D eigenvalue weighted by Gasteiger charge is 2.09. The summed E-state index contributed by atoms with van der Waals surface area (Å²) in [5.41, 5.74) is -0.186. The van der Waals surface area contributed by atoms with Gasteiger partial charge in [0.2, 0.25) is 5.91 Å². The van der Waals surface area contributed by atoms with E-state index in [-0.39, 0.29) is 18.1 Å². The summed E-state index contributed by atoms with van der Waals surface area (Å²) in [5, 5.41) is 18.1. The zero-order chi connectivity index (χ0) is 12.7. The van der Waals surface area contributed by atoms with Crippen LogP contribution in [0.2, 0.25) is 0 Å². The van der Waals surface area contributed by atoms with Crippen LogP contribution in [0.15, 0.2) is 6.20 Å². The predicted octanol–water partition coefficient (Wildman–Crippen LogP) is -0.494. The van der Waals surface area contributed by atoms with Crippen molar-refractivity contribution < 1.29 is 14.7 Å². The maximum absolute atomic E-state index is 11.4. The van der Waals surface area contributed by atoms with Crippen LogP contribution in [0.5, 0.6) is 0 Å². The fourth-order valence-corrected chi connectivity index (χ4v) is 1.07. The Balaban J connectivity index is 2.38. The van der Waals surface area contributed by atoms with E-state index >= 15 is 0 Å².